The van der Waals surface area contributed by atoms with Crippen LogP contribution in [0.2, 0.25) is 0 Å². The van der Waals surface area contributed by atoms with Crippen LogP contribution in [-0.2, 0) is 17.9 Å². The number of carbonyl (C=O) groups excluding carboxylic acids is 1. The lowest BCUT2D eigenvalue weighted by molar-refractivity contribution is 0.0950. The van der Waals surface area contributed by atoms with E-state index >= 15 is 0 Å². The lowest BCUT2D eigenvalue weighted by atomic mass is 10.1. The summed E-state index contributed by atoms with van der Waals surface area (Å²) in [7, 11) is 1.62. The van der Waals surface area contributed by atoms with Gasteiger partial charge in [0.15, 0.2) is 0 Å². The fourth-order valence-electron chi connectivity index (χ4n) is 3.49. The van der Waals surface area contributed by atoms with Gasteiger partial charge in [-0.15, -0.1) is 0 Å². The molecule has 0 bridgehead atoms. The van der Waals surface area contributed by atoms with Crippen LogP contribution in [-0.4, -0.2) is 32.1 Å². The monoisotopic (exact) mass is 475 g/mol. The summed E-state index contributed by atoms with van der Waals surface area (Å²) >= 11 is 0. The second kappa shape index (κ2) is 13.8. The summed E-state index contributed by atoms with van der Waals surface area (Å²) in [5.74, 6) is 1.41. The minimum Gasteiger partial charge on any atom is -0.494 e. The summed E-state index contributed by atoms with van der Waals surface area (Å²) in [6.45, 7) is 2.03. The average Bonchev–Trinajstić information content (AvgIpc) is 2.88. The molecule has 7 heteroatoms. The molecule has 7 nitrogen and oxygen atoms in total. The van der Waals surface area contributed by atoms with Gasteiger partial charge in [-0.2, -0.15) is 0 Å². The van der Waals surface area contributed by atoms with Crippen molar-refractivity contribution in [1.82, 2.24) is 5.32 Å². The summed E-state index contributed by atoms with van der Waals surface area (Å²) in [5.41, 5.74) is 8.61. The number of methoxy groups -OCH3 is 1. The molecule has 0 atom stereocenters. The fourth-order valence-corrected chi connectivity index (χ4v) is 3.49. The molecule has 0 aliphatic rings. The number of amidine groups is 1. The molecule has 3 aromatic rings. The molecule has 3 aromatic carbocycles. The number of carbonyl (C=O) groups is 1. The Hall–Kier alpha value is -3.84. The average molecular weight is 476 g/mol. The predicted octanol–water partition coefficient (Wildman–Crippen LogP) is 4.68. The van der Waals surface area contributed by atoms with Gasteiger partial charge in [-0.05, 0) is 67.3 Å². The second-order valence-electron chi connectivity index (χ2n) is 8.12. The molecule has 0 heterocycles. The van der Waals surface area contributed by atoms with Gasteiger partial charge in [0.05, 0.1) is 19.8 Å². The summed E-state index contributed by atoms with van der Waals surface area (Å²) in [4.78, 5) is 12.6. The molecule has 3 rings (SSSR count). The van der Waals surface area contributed by atoms with Crippen LogP contribution < -0.4 is 20.5 Å². The highest BCUT2D eigenvalue weighted by molar-refractivity contribution is 5.95. The van der Waals surface area contributed by atoms with Crippen LogP contribution in [0.5, 0.6) is 11.5 Å². The first-order valence-corrected chi connectivity index (χ1v) is 11.7. The van der Waals surface area contributed by atoms with Crippen molar-refractivity contribution in [1.29, 1.82) is 5.41 Å². The SMILES string of the molecule is COCc1cc(C(=O)NCc2ccccc2)ccc1OCCCCCOc1ccc(C(=N)N)cc1. The van der Waals surface area contributed by atoms with E-state index < -0.39 is 0 Å². The molecule has 0 aromatic heterocycles. The van der Waals surface area contributed by atoms with E-state index in [1.807, 2.05) is 54.6 Å². The second-order valence-corrected chi connectivity index (χ2v) is 8.12. The highest BCUT2D eigenvalue weighted by Crippen LogP contribution is 2.22. The first-order chi connectivity index (χ1) is 17.1. The highest BCUT2D eigenvalue weighted by atomic mass is 16.5. The molecule has 35 heavy (non-hydrogen) atoms. The van der Waals surface area contributed by atoms with Crippen LogP contribution in [0.1, 0.15) is 46.3 Å². The molecule has 0 radical (unpaired) electrons. The summed E-state index contributed by atoms with van der Waals surface area (Å²) < 4.78 is 17.0. The Bertz CT molecular complexity index is 1090. The van der Waals surface area contributed by atoms with Crippen molar-refractivity contribution in [2.75, 3.05) is 20.3 Å². The van der Waals surface area contributed by atoms with Crippen molar-refractivity contribution in [3.63, 3.8) is 0 Å². The number of hydrogen-bond donors (Lipinski definition) is 3. The van der Waals surface area contributed by atoms with Gasteiger partial charge in [0.1, 0.15) is 17.3 Å². The maximum absolute atomic E-state index is 12.6. The third kappa shape index (κ3) is 8.46. The van der Waals surface area contributed by atoms with E-state index in [4.69, 9.17) is 25.4 Å². The first kappa shape index (κ1) is 25.8. The Morgan fingerprint density at radius 1 is 0.886 bits per heavy atom. The molecule has 0 unspecified atom stereocenters. The van der Waals surface area contributed by atoms with E-state index in [0.717, 1.165) is 41.9 Å². The summed E-state index contributed by atoms with van der Waals surface area (Å²) in [6, 6.07) is 22.4. The van der Waals surface area contributed by atoms with Gasteiger partial charge in [-0.3, -0.25) is 10.2 Å². The molecule has 4 N–H and O–H groups in total. The summed E-state index contributed by atoms with van der Waals surface area (Å²) in [5, 5.41) is 10.4. The maximum Gasteiger partial charge on any atom is 0.251 e. The van der Waals surface area contributed by atoms with E-state index in [-0.39, 0.29) is 11.7 Å². The maximum atomic E-state index is 12.6. The van der Waals surface area contributed by atoms with Gasteiger partial charge in [0.2, 0.25) is 0 Å². The van der Waals surface area contributed by atoms with Gasteiger partial charge in [-0.1, -0.05) is 30.3 Å². The zero-order valence-electron chi connectivity index (χ0n) is 20.1. The molecule has 0 spiro atoms. The van der Waals surface area contributed by atoms with Crippen molar-refractivity contribution < 1.29 is 19.0 Å². The number of amides is 1. The van der Waals surface area contributed by atoms with Crippen LogP contribution >= 0.6 is 0 Å². The first-order valence-electron chi connectivity index (χ1n) is 11.7. The van der Waals surface area contributed by atoms with Gasteiger partial charge in [-0.25, -0.2) is 0 Å². The molecular weight excluding hydrogens is 442 g/mol. The Morgan fingerprint density at radius 2 is 1.57 bits per heavy atom. The molecule has 0 aliphatic carbocycles. The lowest BCUT2D eigenvalue weighted by Gasteiger charge is -2.13. The fraction of sp³-hybridized carbons (Fsp3) is 0.286. The number of hydrogen-bond acceptors (Lipinski definition) is 5. The van der Waals surface area contributed by atoms with Gasteiger partial charge >= 0.3 is 0 Å². The number of nitrogens with two attached hydrogens (primary N) is 1. The van der Waals surface area contributed by atoms with Gasteiger partial charge in [0.25, 0.3) is 5.91 Å². The Kier molecular flexibility index (Phi) is 10.1. The molecule has 0 aliphatic heterocycles. The van der Waals surface area contributed by atoms with Crippen LogP contribution in [0.15, 0.2) is 72.8 Å². The van der Waals surface area contributed by atoms with Gasteiger partial charge < -0.3 is 25.3 Å². The van der Waals surface area contributed by atoms with Gasteiger partial charge in [0, 0.05) is 30.3 Å². The molecule has 0 saturated heterocycles. The van der Waals surface area contributed by atoms with Crippen molar-refractivity contribution in [2.45, 2.75) is 32.4 Å². The van der Waals surface area contributed by atoms with Crippen LogP contribution in [0.25, 0.3) is 0 Å². The Labute approximate surface area is 206 Å². The van der Waals surface area contributed by atoms with Crippen molar-refractivity contribution in [3.05, 3.63) is 95.1 Å². The zero-order chi connectivity index (χ0) is 24.9. The minimum atomic E-state index is -0.131. The minimum absolute atomic E-state index is 0.0474. The number of ether oxygens (including phenoxy) is 3. The lowest BCUT2D eigenvalue weighted by Crippen LogP contribution is -2.23. The molecule has 1 amide bonds. The van der Waals surface area contributed by atoms with Crippen LogP contribution in [0.3, 0.4) is 0 Å². The molecule has 184 valence electrons. The van der Waals surface area contributed by atoms with E-state index in [9.17, 15) is 4.79 Å². The Balaban J connectivity index is 1.40. The van der Waals surface area contributed by atoms with E-state index in [1.54, 1.807) is 25.3 Å². The van der Waals surface area contributed by atoms with E-state index in [1.165, 1.54) is 0 Å². The molecular formula is C28H33N3O4. The number of nitrogens with one attached hydrogen (secondary N) is 2. The van der Waals surface area contributed by atoms with Crippen LogP contribution in [0, 0.1) is 5.41 Å². The molecule has 0 fully saturated rings. The van der Waals surface area contributed by atoms with Crippen molar-refractivity contribution in [2.24, 2.45) is 5.73 Å². The number of unbranched alkanes of at least 4 members (excludes halogenated alkanes) is 2. The predicted molar refractivity (Wildman–Crippen MR) is 137 cm³/mol. The van der Waals surface area contributed by atoms with E-state index in [0.29, 0.717) is 37.5 Å². The largest absolute Gasteiger partial charge is 0.494 e. The topological polar surface area (TPSA) is 107 Å². The van der Waals surface area contributed by atoms with Crippen molar-refractivity contribution >= 4 is 11.7 Å². The number of nitrogen functional groups attached to an aromatic ring is 1. The highest BCUT2D eigenvalue weighted by Gasteiger charge is 2.11. The summed E-state index contributed by atoms with van der Waals surface area (Å²) in [6.07, 6.45) is 2.76. The zero-order valence-corrected chi connectivity index (χ0v) is 20.1. The van der Waals surface area contributed by atoms with Crippen molar-refractivity contribution in [3.8, 4) is 11.5 Å². The Morgan fingerprint density at radius 3 is 2.26 bits per heavy atom. The quantitative estimate of drug-likeness (QED) is 0.178. The number of benzene rings is 3. The van der Waals surface area contributed by atoms with E-state index in [2.05, 4.69) is 5.32 Å². The third-order valence-electron chi connectivity index (χ3n) is 5.40. The standard InChI is InChI=1S/C28H33N3O4/c1-33-20-24-18-23(28(32)31-19-21-8-4-2-5-9-21)12-15-26(24)35-17-7-3-6-16-34-25-13-10-22(11-14-25)27(29)30/h2,4-5,8-15,18H,3,6-7,16-17,19-20H2,1H3,(H3,29,30)(H,31,32). The third-order valence-corrected chi connectivity index (χ3v) is 5.40. The normalized spacial score (nSPS) is 10.5. The molecule has 0 saturated carbocycles. The number of rotatable bonds is 14. The smallest absolute Gasteiger partial charge is 0.251 e. The van der Waals surface area contributed by atoms with Crippen LogP contribution in [0.4, 0.5) is 0 Å².